The van der Waals surface area contributed by atoms with Crippen LogP contribution in [0, 0.1) is 5.92 Å². The van der Waals surface area contributed by atoms with Crippen molar-refractivity contribution >= 4 is 9.84 Å². The Kier molecular flexibility index (Phi) is 5.54. The van der Waals surface area contributed by atoms with E-state index in [9.17, 15) is 8.42 Å². The standard InChI is InChI=1S/C22H29NO2S/c1-4-22(15-14-17(2)3)16-26(24,25)20-13-9-8-12-19(20)21(23-22)18-10-6-5-7-11-18/h5-13,17,21,23H,4,14-16H2,1-3H3. The Morgan fingerprint density at radius 3 is 2.38 bits per heavy atom. The fourth-order valence-electron chi connectivity index (χ4n) is 3.87. The van der Waals surface area contributed by atoms with Gasteiger partial charge in [-0.3, -0.25) is 5.32 Å². The zero-order chi connectivity index (χ0) is 18.8. The molecule has 2 aromatic carbocycles. The third-order valence-corrected chi connectivity index (χ3v) is 7.47. The van der Waals surface area contributed by atoms with Gasteiger partial charge >= 0.3 is 0 Å². The molecule has 0 fully saturated rings. The molecule has 0 bridgehead atoms. The van der Waals surface area contributed by atoms with E-state index in [0.717, 1.165) is 30.4 Å². The van der Waals surface area contributed by atoms with E-state index in [1.54, 1.807) is 6.07 Å². The van der Waals surface area contributed by atoms with E-state index in [1.807, 2.05) is 36.4 Å². The Bertz CT molecular complexity index is 845. The first-order valence-electron chi connectivity index (χ1n) is 9.51. The first-order valence-corrected chi connectivity index (χ1v) is 11.2. The molecule has 1 N–H and O–H groups in total. The molecule has 3 nitrogen and oxygen atoms in total. The Hall–Kier alpha value is -1.65. The summed E-state index contributed by atoms with van der Waals surface area (Å²) in [7, 11) is -3.35. The van der Waals surface area contributed by atoms with Crippen LogP contribution in [-0.4, -0.2) is 19.7 Å². The molecule has 0 aromatic heterocycles. The number of rotatable bonds is 5. The van der Waals surface area contributed by atoms with Crippen molar-refractivity contribution in [3.8, 4) is 0 Å². The van der Waals surface area contributed by atoms with Gasteiger partial charge in [-0.15, -0.1) is 0 Å². The summed E-state index contributed by atoms with van der Waals surface area (Å²) in [6.07, 6.45) is 2.65. The lowest BCUT2D eigenvalue weighted by Gasteiger charge is -2.36. The molecule has 3 rings (SSSR count). The predicted octanol–water partition coefficient (Wildman–Crippen LogP) is 4.74. The predicted molar refractivity (Wildman–Crippen MR) is 107 cm³/mol. The van der Waals surface area contributed by atoms with Gasteiger partial charge in [-0.05, 0) is 42.4 Å². The van der Waals surface area contributed by atoms with Crippen LogP contribution >= 0.6 is 0 Å². The number of hydrogen-bond acceptors (Lipinski definition) is 3. The van der Waals surface area contributed by atoms with Crippen molar-refractivity contribution in [1.29, 1.82) is 0 Å². The molecular weight excluding hydrogens is 342 g/mol. The van der Waals surface area contributed by atoms with E-state index >= 15 is 0 Å². The third kappa shape index (κ3) is 3.86. The van der Waals surface area contributed by atoms with Crippen LogP contribution in [0.2, 0.25) is 0 Å². The molecule has 1 heterocycles. The zero-order valence-electron chi connectivity index (χ0n) is 15.9. The quantitative estimate of drug-likeness (QED) is 0.826. The lowest BCUT2D eigenvalue weighted by Crippen LogP contribution is -2.50. The van der Waals surface area contributed by atoms with Crippen LogP contribution in [0.3, 0.4) is 0 Å². The Morgan fingerprint density at radius 1 is 1.08 bits per heavy atom. The summed E-state index contributed by atoms with van der Waals surface area (Å²) >= 11 is 0. The minimum absolute atomic E-state index is 0.114. The number of sulfone groups is 1. The van der Waals surface area contributed by atoms with Crippen molar-refractivity contribution in [3.05, 3.63) is 65.7 Å². The highest BCUT2D eigenvalue weighted by Gasteiger charge is 2.41. The topological polar surface area (TPSA) is 46.2 Å². The normalized spacial score (nSPS) is 24.8. The van der Waals surface area contributed by atoms with Crippen molar-refractivity contribution in [3.63, 3.8) is 0 Å². The highest BCUT2D eigenvalue weighted by molar-refractivity contribution is 7.91. The van der Waals surface area contributed by atoms with Gasteiger partial charge in [0.25, 0.3) is 0 Å². The third-order valence-electron chi connectivity index (χ3n) is 5.49. The molecule has 4 heteroatoms. The van der Waals surface area contributed by atoms with Crippen LogP contribution < -0.4 is 5.32 Å². The van der Waals surface area contributed by atoms with Crippen LogP contribution in [0.5, 0.6) is 0 Å². The molecular formula is C22H29NO2S. The highest BCUT2D eigenvalue weighted by Crippen LogP contribution is 2.38. The van der Waals surface area contributed by atoms with E-state index in [4.69, 9.17) is 0 Å². The summed E-state index contributed by atoms with van der Waals surface area (Å²) in [5.74, 6) is 0.701. The van der Waals surface area contributed by atoms with Gasteiger partial charge in [0.05, 0.1) is 16.7 Å². The van der Waals surface area contributed by atoms with Crippen molar-refractivity contribution in [2.75, 3.05) is 5.75 Å². The smallest absolute Gasteiger partial charge is 0.180 e. The average molecular weight is 372 g/mol. The van der Waals surface area contributed by atoms with Gasteiger partial charge in [0.1, 0.15) is 0 Å². The fourth-order valence-corrected chi connectivity index (χ4v) is 6.01. The summed E-state index contributed by atoms with van der Waals surface area (Å²) < 4.78 is 26.5. The SMILES string of the molecule is CCC1(CCC(C)C)CS(=O)(=O)c2ccccc2C(c2ccccc2)N1. The van der Waals surface area contributed by atoms with Gasteiger partial charge in [-0.25, -0.2) is 8.42 Å². The summed E-state index contributed by atoms with van der Waals surface area (Å²) in [4.78, 5) is 0.473. The van der Waals surface area contributed by atoms with Gasteiger partial charge in [-0.1, -0.05) is 69.3 Å². The number of hydrogen-bond donors (Lipinski definition) is 1. The molecule has 2 atom stereocenters. The van der Waals surface area contributed by atoms with Crippen LogP contribution in [0.25, 0.3) is 0 Å². The molecule has 0 spiro atoms. The molecule has 0 saturated heterocycles. The first-order chi connectivity index (χ1) is 12.4. The second kappa shape index (κ2) is 7.53. The lowest BCUT2D eigenvalue weighted by molar-refractivity contribution is 0.282. The maximum absolute atomic E-state index is 13.2. The molecule has 1 aliphatic rings. The summed E-state index contributed by atoms with van der Waals surface area (Å²) in [5.41, 5.74) is 1.56. The molecule has 2 unspecified atom stereocenters. The van der Waals surface area contributed by atoms with Gasteiger partial charge in [0.2, 0.25) is 0 Å². The van der Waals surface area contributed by atoms with Crippen molar-refractivity contribution in [2.24, 2.45) is 5.92 Å². The summed E-state index contributed by atoms with van der Waals surface area (Å²) in [5, 5.41) is 3.78. The second-order valence-corrected chi connectivity index (χ2v) is 9.81. The highest BCUT2D eigenvalue weighted by atomic mass is 32.2. The van der Waals surface area contributed by atoms with Gasteiger partial charge < -0.3 is 0 Å². The van der Waals surface area contributed by atoms with Crippen LogP contribution in [0.1, 0.15) is 57.2 Å². The zero-order valence-corrected chi connectivity index (χ0v) is 16.7. The van der Waals surface area contributed by atoms with E-state index in [1.165, 1.54) is 0 Å². The minimum Gasteiger partial charge on any atom is -0.300 e. The Labute approximate surface area is 157 Å². The monoisotopic (exact) mass is 371 g/mol. The Balaban J connectivity index is 2.14. The largest absolute Gasteiger partial charge is 0.300 e. The Morgan fingerprint density at radius 2 is 1.73 bits per heavy atom. The van der Waals surface area contributed by atoms with E-state index in [2.05, 4.69) is 38.2 Å². The van der Waals surface area contributed by atoms with Gasteiger partial charge in [-0.2, -0.15) is 0 Å². The molecule has 0 saturated carbocycles. The van der Waals surface area contributed by atoms with Crippen LogP contribution in [-0.2, 0) is 9.84 Å². The van der Waals surface area contributed by atoms with E-state index in [-0.39, 0.29) is 11.8 Å². The summed E-state index contributed by atoms with van der Waals surface area (Å²) in [6, 6.07) is 17.5. The number of fused-ring (bicyclic) bond motifs is 1. The second-order valence-electron chi connectivity index (χ2n) is 7.85. The molecule has 140 valence electrons. The van der Waals surface area contributed by atoms with Crippen molar-refractivity contribution in [1.82, 2.24) is 5.32 Å². The summed E-state index contributed by atoms with van der Waals surface area (Å²) in [6.45, 7) is 6.48. The molecule has 0 radical (unpaired) electrons. The maximum Gasteiger partial charge on any atom is 0.180 e. The minimum atomic E-state index is -3.35. The molecule has 26 heavy (non-hydrogen) atoms. The number of benzene rings is 2. The average Bonchev–Trinajstić information content (AvgIpc) is 2.74. The van der Waals surface area contributed by atoms with Crippen molar-refractivity contribution < 1.29 is 8.42 Å². The van der Waals surface area contributed by atoms with Gasteiger partial charge in [0.15, 0.2) is 9.84 Å². The maximum atomic E-state index is 13.2. The molecule has 0 aliphatic carbocycles. The molecule has 1 aliphatic heterocycles. The van der Waals surface area contributed by atoms with Crippen molar-refractivity contribution in [2.45, 2.75) is 56.5 Å². The fraction of sp³-hybridized carbons (Fsp3) is 0.455. The van der Waals surface area contributed by atoms with E-state index in [0.29, 0.717) is 10.8 Å². The van der Waals surface area contributed by atoms with Crippen LogP contribution in [0.15, 0.2) is 59.5 Å². The molecule has 2 aromatic rings. The first kappa shape index (κ1) is 19.1. The molecule has 0 amide bonds. The van der Waals surface area contributed by atoms with Gasteiger partial charge in [0, 0.05) is 5.54 Å². The van der Waals surface area contributed by atoms with E-state index < -0.39 is 15.4 Å². The lowest BCUT2D eigenvalue weighted by atomic mass is 9.86. The number of nitrogens with one attached hydrogen (secondary N) is 1. The van der Waals surface area contributed by atoms with Crippen LogP contribution in [0.4, 0.5) is 0 Å².